The Morgan fingerprint density at radius 1 is 1.03 bits per heavy atom. The Morgan fingerprint density at radius 3 is 2.45 bits per heavy atom. The molecule has 0 atom stereocenters. The Kier molecular flexibility index (Phi) is 6.36. The normalized spacial score (nSPS) is 11.6. The van der Waals surface area contributed by atoms with Crippen molar-refractivity contribution in [3.63, 3.8) is 0 Å². The summed E-state index contributed by atoms with van der Waals surface area (Å²) >= 11 is 12.2. The standard InChI is InChI=1S/C21H19Cl2NO4S/c1-14(2)28-21(25)13-24(19-9-5-7-15-6-3-4-8-17(15)19)29(26,27)20-12-16(22)10-11-18(20)23/h3-12,14H,13H2,1-2H3. The maximum Gasteiger partial charge on any atom is 0.327 e. The zero-order valence-corrected chi connectivity index (χ0v) is 18.1. The third-order valence-corrected chi connectivity index (χ3v) is 6.61. The topological polar surface area (TPSA) is 63.7 Å². The predicted molar refractivity (Wildman–Crippen MR) is 116 cm³/mol. The third-order valence-electron chi connectivity index (χ3n) is 4.14. The summed E-state index contributed by atoms with van der Waals surface area (Å²) in [6, 6.07) is 16.7. The third kappa shape index (κ3) is 4.66. The highest BCUT2D eigenvalue weighted by Gasteiger charge is 2.31. The van der Waals surface area contributed by atoms with Crippen LogP contribution < -0.4 is 4.31 Å². The van der Waals surface area contributed by atoms with Crippen molar-refractivity contribution in [2.75, 3.05) is 10.8 Å². The quantitative estimate of drug-likeness (QED) is 0.477. The molecule has 0 amide bonds. The fourth-order valence-electron chi connectivity index (χ4n) is 2.94. The Balaban J connectivity index is 2.20. The fraction of sp³-hybridized carbons (Fsp3) is 0.190. The zero-order valence-electron chi connectivity index (χ0n) is 15.8. The van der Waals surface area contributed by atoms with Crippen LogP contribution in [-0.4, -0.2) is 27.0 Å². The van der Waals surface area contributed by atoms with Crippen LogP contribution >= 0.6 is 23.2 Å². The number of halogens is 2. The first-order valence-corrected chi connectivity index (χ1v) is 11.0. The van der Waals surface area contributed by atoms with E-state index < -0.39 is 22.5 Å². The molecule has 0 aromatic heterocycles. The van der Waals surface area contributed by atoms with Crippen molar-refractivity contribution in [3.8, 4) is 0 Å². The number of carbonyl (C=O) groups excluding carboxylic acids is 1. The molecule has 0 radical (unpaired) electrons. The molecule has 3 rings (SSSR count). The van der Waals surface area contributed by atoms with E-state index in [0.717, 1.165) is 9.69 Å². The molecule has 0 bridgehead atoms. The second-order valence-electron chi connectivity index (χ2n) is 6.62. The van der Waals surface area contributed by atoms with Gasteiger partial charge in [-0.1, -0.05) is 59.6 Å². The highest BCUT2D eigenvalue weighted by molar-refractivity contribution is 7.93. The average molecular weight is 452 g/mol. The molecule has 0 aliphatic carbocycles. The van der Waals surface area contributed by atoms with Gasteiger partial charge in [0.1, 0.15) is 11.4 Å². The number of fused-ring (bicyclic) bond motifs is 1. The first kappa shape index (κ1) is 21.4. The van der Waals surface area contributed by atoms with Crippen molar-refractivity contribution >= 4 is 55.7 Å². The van der Waals surface area contributed by atoms with E-state index in [2.05, 4.69) is 0 Å². The summed E-state index contributed by atoms with van der Waals surface area (Å²) in [6.45, 7) is 2.89. The van der Waals surface area contributed by atoms with Crippen LogP contribution in [0.3, 0.4) is 0 Å². The molecule has 3 aromatic rings. The van der Waals surface area contributed by atoms with Crippen LogP contribution in [0.1, 0.15) is 13.8 Å². The van der Waals surface area contributed by atoms with Gasteiger partial charge < -0.3 is 4.74 Å². The Bertz CT molecular complexity index is 1160. The van der Waals surface area contributed by atoms with Crippen molar-refractivity contribution in [1.82, 2.24) is 0 Å². The number of hydrogen-bond acceptors (Lipinski definition) is 4. The molecule has 0 saturated heterocycles. The van der Waals surface area contributed by atoms with Crippen LogP contribution in [0, 0.1) is 0 Å². The Labute approximate surface area is 179 Å². The SMILES string of the molecule is CC(C)OC(=O)CN(c1cccc2ccccc12)S(=O)(=O)c1cc(Cl)ccc1Cl. The number of sulfonamides is 1. The van der Waals surface area contributed by atoms with E-state index in [1.165, 1.54) is 18.2 Å². The molecule has 0 N–H and O–H groups in total. The highest BCUT2D eigenvalue weighted by Crippen LogP contribution is 2.34. The summed E-state index contributed by atoms with van der Waals surface area (Å²) in [5, 5.41) is 1.74. The number of esters is 1. The number of carbonyl (C=O) groups is 1. The number of rotatable bonds is 6. The molecule has 0 saturated carbocycles. The second-order valence-corrected chi connectivity index (χ2v) is 9.30. The Morgan fingerprint density at radius 2 is 1.72 bits per heavy atom. The van der Waals surface area contributed by atoms with E-state index in [1.54, 1.807) is 38.1 Å². The van der Waals surface area contributed by atoms with Gasteiger partial charge in [-0.05, 0) is 43.5 Å². The number of hydrogen-bond donors (Lipinski definition) is 0. The minimum Gasteiger partial charge on any atom is -0.462 e. The molecule has 0 aliphatic rings. The van der Waals surface area contributed by atoms with Crippen molar-refractivity contribution in [3.05, 3.63) is 70.7 Å². The van der Waals surface area contributed by atoms with Gasteiger partial charge in [0, 0.05) is 10.4 Å². The zero-order chi connectivity index (χ0) is 21.2. The van der Waals surface area contributed by atoms with Crippen molar-refractivity contribution in [2.45, 2.75) is 24.8 Å². The number of ether oxygens (including phenoxy) is 1. The molecule has 5 nitrogen and oxygen atoms in total. The molecule has 29 heavy (non-hydrogen) atoms. The first-order valence-electron chi connectivity index (χ1n) is 8.85. The first-order chi connectivity index (χ1) is 13.7. The van der Waals surface area contributed by atoms with Gasteiger partial charge in [-0.25, -0.2) is 8.42 Å². The monoisotopic (exact) mass is 451 g/mol. The fourth-order valence-corrected chi connectivity index (χ4v) is 5.10. The van der Waals surface area contributed by atoms with Crippen molar-refractivity contribution < 1.29 is 17.9 Å². The van der Waals surface area contributed by atoms with E-state index in [4.69, 9.17) is 27.9 Å². The van der Waals surface area contributed by atoms with Crippen LogP contribution in [0.25, 0.3) is 10.8 Å². The minimum atomic E-state index is -4.21. The number of nitrogens with zero attached hydrogens (tertiary/aromatic N) is 1. The smallest absolute Gasteiger partial charge is 0.327 e. The van der Waals surface area contributed by atoms with Crippen molar-refractivity contribution in [2.24, 2.45) is 0 Å². The number of benzene rings is 3. The summed E-state index contributed by atoms with van der Waals surface area (Å²) in [6.07, 6.45) is -0.380. The van der Waals surface area contributed by atoms with Crippen LogP contribution in [0.2, 0.25) is 10.0 Å². The molecule has 0 unspecified atom stereocenters. The molecular weight excluding hydrogens is 433 g/mol. The van der Waals surface area contributed by atoms with Crippen LogP contribution in [-0.2, 0) is 19.6 Å². The molecule has 0 aliphatic heterocycles. The van der Waals surface area contributed by atoms with Crippen LogP contribution in [0.4, 0.5) is 5.69 Å². The van der Waals surface area contributed by atoms with E-state index in [1.807, 2.05) is 18.2 Å². The van der Waals surface area contributed by atoms with E-state index in [-0.39, 0.29) is 21.0 Å². The molecular formula is C21H19Cl2NO4S. The lowest BCUT2D eigenvalue weighted by Gasteiger charge is -2.26. The van der Waals surface area contributed by atoms with E-state index in [0.29, 0.717) is 11.1 Å². The summed E-state index contributed by atoms with van der Waals surface area (Å²) in [5.41, 5.74) is 0.347. The van der Waals surface area contributed by atoms with Crippen LogP contribution in [0.5, 0.6) is 0 Å². The van der Waals surface area contributed by atoms with Gasteiger partial charge in [-0.15, -0.1) is 0 Å². The van der Waals surface area contributed by atoms with Crippen LogP contribution in [0.15, 0.2) is 65.6 Å². The predicted octanol–water partition coefficient (Wildman–Crippen LogP) is 5.29. The van der Waals surface area contributed by atoms with E-state index in [9.17, 15) is 13.2 Å². The summed E-state index contributed by atoms with van der Waals surface area (Å²) in [5.74, 6) is -0.672. The largest absolute Gasteiger partial charge is 0.462 e. The van der Waals surface area contributed by atoms with Gasteiger partial charge in [-0.2, -0.15) is 0 Å². The summed E-state index contributed by atoms with van der Waals surface area (Å²) in [4.78, 5) is 12.2. The average Bonchev–Trinajstić information content (AvgIpc) is 2.67. The molecule has 0 fully saturated rings. The van der Waals surface area contributed by atoms with Gasteiger partial charge in [0.25, 0.3) is 10.0 Å². The molecule has 0 spiro atoms. The second kappa shape index (κ2) is 8.61. The van der Waals surface area contributed by atoms with Gasteiger partial charge in [0.05, 0.1) is 16.8 Å². The molecule has 8 heteroatoms. The molecule has 3 aromatic carbocycles. The van der Waals surface area contributed by atoms with Crippen molar-refractivity contribution in [1.29, 1.82) is 0 Å². The van der Waals surface area contributed by atoms with Gasteiger partial charge >= 0.3 is 5.97 Å². The Hall–Kier alpha value is -2.28. The lowest BCUT2D eigenvalue weighted by Crippen LogP contribution is -2.37. The molecule has 152 valence electrons. The minimum absolute atomic E-state index is 0.0110. The van der Waals surface area contributed by atoms with Gasteiger partial charge in [-0.3, -0.25) is 9.10 Å². The summed E-state index contributed by atoms with van der Waals surface area (Å²) in [7, 11) is -4.21. The highest BCUT2D eigenvalue weighted by atomic mass is 35.5. The molecule has 0 heterocycles. The van der Waals surface area contributed by atoms with Gasteiger partial charge in [0.15, 0.2) is 0 Å². The maximum atomic E-state index is 13.5. The maximum absolute atomic E-state index is 13.5. The van der Waals surface area contributed by atoms with E-state index >= 15 is 0 Å². The summed E-state index contributed by atoms with van der Waals surface area (Å²) < 4.78 is 33.3. The lowest BCUT2D eigenvalue weighted by atomic mass is 10.1. The van der Waals surface area contributed by atoms with Gasteiger partial charge in [0.2, 0.25) is 0 Å². The lowest BCUT2D eigenvalue weighted by molar-refractivity contribution is -0.145. The number of anilines is 1.